The molecule has 17 aromatic rings. The summed E-state index contributed by atoms with van der Waals surface area (Å²) in [6.45, 7) is 56.2. The largest absolute Gasteiger partial charge is 0.311 e. The second-order valence-corrected chi connectivity index (χ2v) is 46.2. The third kappa shape index (κ3) is 15.0. The van der Waals surface area contributed by atoms with E-state index in [2.05, 4.69) is 512 Å². The average Bonchev–Trinajstić information content (AvgIpc) is 1.68. The molecule has 135 heavy (non-hydrogen) atoms. The quantitative estimate of drug-likeness (QED) is 0.113. The standard InChI is InChI=1S/C128H127B2N5/c1-79-52-62-107(100(68-79)95-43-27-25-36-81(95)3)133-110-65-57-90(126(17,18)19)73-103(110)130-104-74-91(127(20,21)22)58-66-111(104)134(108-63-53-80(2)69-101(108)96-44-28-26-37-82(96)4)117-77-94(76-116(133)120(117)130)132-106-48-30-29-45-99(106)118-85(40-33-49-113(118)132)78-128(23,24)92-59-67-112-105(75-92)129-102-72-89(125(14,15)16)56-64-109(102)131(93-60-54-86(55-61-93)122(5,6)7)114-50-35-51-115(119(114)129)135(112)121-97(83-38-31-41-87(70-83)123(8,9)10)46-34-47-98(121)84-39-32-42-88(71-84)124(11,12)13/h25-77H,78H2,1-24H3. The Morgan fingerprint density at radius 1 is 0.237 bits per heavy atom. The number of rotatable bonds is 12. The molecule has 670 valence electrons. The number of hydrogen-bond donors (Lipinski definition) is 0. The van der Waals surface area contributed by atoms with Crippen LogP contribution in [-0.2, 0) is 44.3 Å². The van der Waals surface area contributed by atoms with E-state index in [1.165, 1.54) is 200 Å². The summed E-state index contributed by atoms with van der Waals surface area (Å²) in [5.74, 6) is 0. The maximum absolute atomic E-state index is 2.71. The Hall–Kier alpha value is -13.4. The predicted molar refractivity (Wildman–Crippen MR) is 585 cm³/mol. The summed E-state index contributed by atoms with van der Waals surface area (Å²) in [5, 5.41) is 2.49. The maximum Gasteiger partial charge on any atom is 0.252 e. The number of aryl methyl sites for hydroxylation is 4. The van der Waals surface area contributed by atoms with Gasteiger partial charge in [-0.2, -0.15) is 0 Å². The van der Waals surface area contributed by atoms with Crippen LogP contribution in [-0.4, -0.2) is 18.0 Å². The normalized spacial score (nSPS) is 13.7. The first-order chi connectivity index (χ1) is 64.2. The highest BCUT2D eigenvalue weighted by molar-refractivity contribution is 7.01. The van der Waals surface area contributed by atoms with E-state index in [1.54, 1.807) is 0 Å². The van der Waals surface area contributed by atoms with Crippen LogP contribution in [0.15, 0.2) is 322 Å². The second kappa shape index (κ2) is 31.9. The first kappa shape index (κ1) is 88.3. The molecular weight excluding hydrogens is 1630 g/mol. The zero-order valence-electron chi connectivity index (χ0n) is 83.7. The molecule has 4 aliphatic rings. The van der Waals surface area contributed by atoms with Gasteiger partial charge in [0.25, 0.3) is 13.4 Å². The van der Waals surface area contributed by atoms with Gasteiger partial charge in [0.2, 0.25) is 0 Å². The van der Waals surface area contributed by atoms with Crippen molar-refractivity contribution in [3.05, 3.63) is 388 Å². The molecule has 0 atom stereocenters. The fourth-order valence-corrected chi connectivity index (χ4v) is 22.6. The van der Waals surface area contributed by atoms with Crippen LogP contribution in [0.4, 0.5) is 68.2 Å². The van der Waals surface area contributed by atoms with E-state index in [1.807, 2.05) is 0 Å². The third-order valence-corrected chi connectivity index (χ3v) is 30.1. The lowest BCUT2D eigenvalue weighted by Gasteiger charge is -2.46. The number of hydrogen-bond acceptors (Lipinski definition) is 4. The van der Waals surface area contributed by atoms with Gasteiger partial charge < -0.3 is 24.2 Å². The van der Waals surface area contributed by atoms with E-state index in [-0.39, 0.29) is 45.9 Å². The van der Waals surface area contributed by atoms with Crippen LogP contribution in [0.2, 0.25) is 0 Å². The number of para-hydroxylation sites is 2. The van der Waals surface area contributed by atoms with Crippen molar-refractivity contribution in [2.45, 2.75) is 210 Å². The van der Waals surface area contributed by atoms with Crippen LogP contribution in [0.3, 0.4) is 0 Å². The molecule has 16 aromatic carbocycles. The summed E-state index contributed by atoms with van der Waals surface area (Å²) in [4.78, 5) is 10.7. The monoisotopic (exact) mass is 1760 g/mol. The van der Waals surface area contributed by atoms with Crippen molar-refractivity contribution in [1.82, 2.24) is 4.57 Å². The molecule has 0 saturated heterocycles. The van der Waals surface area contributed by atoms with E-state index in [0.717, 1.165) is 46.1 Å². The van der Waals surface area contributed by atoms with Gasteiger partial charge in [-0.15, -0.1) is 0 Å². The summed E-state index contributed by atoms with van der Waals surface area (Å²) in [6.07, 6.45) is 0.751. The molecule has 5 nitrogen and oxygen atoms in total. The lowest BCUT2D eigenvalue weighted by Crippen LogP contribution is -2.61. The zero-order valence-corrected chi connectivity index (χ0v) is 83.7. The topological polar surface area (TPSA) is 17.9 Å². The number of nitrogens with zero attached hydrogens (tertiary/aromatic N) is 5. The average molecular weight is 1760 g/mol. The molecule has 0 unspecified atom stereocenters. The molecule has 0 spiro atoms. The number of fused-ring (bicyclic) bond motifs is 11. The first-order valence-electron chi connectivity index (χ1n) is 49.1. The Balaban J connectivity index is 0.807. The molecule has 4 aliphatic heterocycles. The van der Waals surface area contributed by atoms with Crippen molar-refractivity contribution in [1.29, 1.82) is 0 Å². The highest BCUT2D eigenvalue weighted by atomic mass is 15.2. The van der Waals surface area contributed by atoms with Crippen molar-refractivity contribution in [2.24, 2.45) is 0 Å². The number of aromatic nitrogens is 1. The van der Waals surface area contributed by atoms with Gasteiger partial charge in [0.1, 0.15) is 0 Å². The maximum atomic E-state index is 2.71. The van der Waals surface area contributed by atoms with Crippen LogP contribution in [0.5, 0.6) is 0 Å². The molecule has 0 saturated carbocycles. The molecule has 0 radical (unpaired) electrons. The summed E-state index contributed by atoms with van der Waals surface area (Å²) in [7, 11) is 0. The fourth-order valence-electron chi connectivity index (χ4n) is 22.6. The summed E-state index contributed by atoms with van der Waals surface area (Å²) < 4.78 is 2.64. The fraction of sp³-hybridized carbons (Fsp3) is 0.250. The zero-order chi connectivity index (χ0) is 94.6. The van der Waals surface area contributed by atoms with Crippen molar-refractivity contribution >= 4 is 136 Å². The number of anilines is 12. The van der Waals surface area contributed by atoms with E-state index in [4.69, 9.17) is 0 Å². The van der Waals surface area contributed by atoms with Gasteiger partial charge in [-0.1, -0.05) is 374 Å². The minimum atomic E-state index is -0.440. The van der Waals surface area contributed by atoms with Gasteiger partial charge >= 0.3 is 0 Å². The highest BCUT2D eigenvalue weighted by Gasteiger charge is 2.49. The molecule has 1 aromatic heterocycles. The van der Waals surface area contributed by atoms with Gasteiger partial charge in [0.15, 0.2) is 0 Å². The van der Waals surface area contributed by atoms with Gasteiger partial charge in [-0.05, 0) is 280 Å². The number of benzene rings is 16. The van der Waals surface area contributed by atoms with E-state index in [9.17, 15) is 0 Å². The van der Waals surface area contributed by atoms with Crippen LogP contribution in [0.25, 0.3) is 72.0 Å². The van der Waals surface area contributed by atoms with Crippen molar-refractivity contribution in [3.63, 3.8) is 0 Å². The molecule has 0 N–H and O–H groups in total. The van der Waals surface area contributed by atoms with Crippen LogP contribution in [0.1, 0.15) is 205 Å². The lowest BCUT2D eigenvalue weighted by molar-refractivity contribution is 0.525. The molecule has 7 heteroatoms. The summed E-state index contributed by atoms with van der Waals surface area (Å²) in [5.41, 5.74) is 49.2. The Bertz CT molecular complexity index is 7430. The molecule has 0 amide bonds. The van der Waals surface area contributed by atoms with Crippen molar-refractivity contribution in [3.8, 4) is 50.2 Å². The van der Waals surface area contributed by atoms with Crippen molar-refractivity contribution in [2.75, 3.05) is 19.6 Å². The SMILES string of the molecule is Cc1ccc(N2c3ccc(C(C)(C)C)cc3B3c4cc(C(C)(C)C)ccc4N(c4ccc(C)cc4-c4ccccc4C)c4cc(-n5c6ccccc6c6c(CC(C)(C)c7ccc8c(c7)B7c9cc(C(C)(C)C)ccc9N(c9ccc(C(C)(C)C)cc9)c9cccc(c97)N8c7c(-c8cccc(C(C)(C)C)c8)cccc7-c7cccc(C(C)(C)C)c7)cccc65)cc2c43)c(-c2ccccc2C)c1. The first-order valence-corrected chi connectivity index (χ1v) is 49.1. The smallest absolute Gasteiger partial charge is 0.252 e. The Morgan fingerprint density at radius 3 is 1.07 bits per heavy atom. The molecule has 0 aliphatic carbocycles. The Kier molecular flexibility index (Phi) is 20.9. The van der Waals surface area contributed by atoms with Crippen LogP contribution < -0.4 is 52.4 Å². The lowest BCUT2D eigenvalue weighted by atomic mass is 9.33. The summed E-state index contributed by atoms with van der Waals surface area (Å²) >= 11 is 0. The third-order valence-electron chi connectivity index (χ3n) is 30.1. The van der Waals surface area contributed by atoms with Crippen molar-refractivity contribution < 1.29 is 0 Å². The van der Waals surface area contributed by atoms with Gasteiger partial charge in [-0.3, -0.25) is 0 Å². The van der Waals surface area contributed by atoms with E-state index in [0.29, 0.717) is 0 Å². The van der Waals surface area contributed by atoms with Gasteiger partial charge in [0, 0.05) is 84.2 Å². The molecular formula is C128H127B2N5. The second-order valence-electron chi connectivity index (χ2n) is 46.2. The molecule has 5 heterocycles. The molecule has 21 rings (SSSR count). The predicted octanol–water partition coefficient (Wildman–Crippen LogP) is 31.2. The molecule has 0 bridgehead atoms. The van der Waals surface area contributed by atoms with E-state index >= 15 is 0 Å². The highest BCUT2D eigenvalue weighted by Crippen LogP contribution is 2.56. The van der Waals surface area contributed by atoms with Gasteiger partial charge in [0.05, 0.1) is 33.8 Å². The minimum Gasteiger partial charge on any atom is -0.311 e. The Labute approximate surface area is 803 Å². The van der Waals surface area contributed by atoms with E-state index < -0.39 is 5.41 Å². The van der Waals surface area contributed by atoms with Gasteiger partial charge in [-0.25, -0.2) is 0 Å². The van der Waals surface area contributed by atoms with Crippen LogP contribution >= 0.6 is 0 Å². The minimum absolute atomic E-state index is 0.0271. The Morgan fingerprint density at radius 2 is 0.600 bits per heavy atom. The summed E-state index contributed by atoms with van der Waals surface area (Å²) in [6, 6.07) is 127. The molecule has 0 fully saturated rings. The van der Waals surface area contributed by atoms with Crippen LogP contribution in [0, 0.1) is 27.7 Å².